The van der Waals surface area contributed by atoms with E-state index in [1.54, 1.807) is 0 Å². The van der Waals surface area contributed by atoms with E-state index >= 15 is 0 Å². The standard InChI is InChI=1S/C8H12O9/c9-1-2-3(10)4(11)5(12)7(14-2)15-6(13)8-16-17-8/h2-5,7-12H,1H2/t2-,3-,4+,5-,7+/m1/s1. The lowest BCUT2D eigenvalue weighted by Gasteiger charge is -2.38. The Labute approximate surface area is 95.0 Å². The lowest BCUT2D eigenvalue weighted by molar-refractivity contribution is -0.293. The summed E-state index contributed by atoms with van der Waals surface area (Å²) in [6, 6.07) is 0. The lowest BCUT2D eigenvalue weighted by Crippen LogP contribution is -2.59. The SMILES string of the molecule is O=C(O[C@@H]1O[C@H](CO)[C@@H](O)[C@H](O)[C@H]1O)C1OO1. The van der Waals surface area contributed by atoms with Crippen molar-refractivity contribution in [3.05, 3.63) is 0 Å². The Balaban J connectivity index is 1.97. The molecule has 9 heteroatoms. The molecule has 2 aliphatic heterocycles. The van der Waals surface area contributed by atoms with Gasteiger partial charge in [-0.3, -0.25) is 0 Å². The molecule has 0 unspecified atom stereocenters. The fraction of sp³-hybridized carbons (Fsp3) is 0.875. The maximum Gasteiger partial charge on any atom is 0.371 e. The summed E-state index contributed by atoms with van der Waals surface area (Å²) in [5.41, 5.74) is 0. The van der Waals surface area contributed by atoms with Gasteiger partial charge in [0.2, 0.25) is 6.29 Å². The molecule has 0 bridgehead atoms. The number of ether oxygens (including phenoxy) is 2. The average Bonchev–Trinajstić information content (AvgIpc) is 3.13. The molecule has 2 fully saturated rings. The maximum atomic E-state index is 11.1. The number of aliphatic hydroxyl groups is 4. The van der Waals surface area contributed by atoms with E-state index in [-0.39, 0.29) is 0 Å². The van der Waals surface area contributed by atoms with Gasteiger partial charge in [-0.2, -0.15) is 9.78 Å². The third-order valence-electron chi connectivity index (χ3n) is 2.47. The summed E-state index contributed by atoms with van der Waals surface area (Å²) in [5, 5.41) is 37.2. The molecule has 0 saturated carbocycles. The first kappa shape index (κ1) is 12.6. The molecule has 9 nitrogen and oxygen atoms in total. The summed E-state index contributed by atoms with van der Waals surface area (Å²) in [4.78, 5) is 19.5. The molecular formula is C8H12O9. The van der Waals surface area contributed by atoms with E-state index in [0.29, 0.717) is 0 Å². The van der Waals surface area contributed by atoms with Crippen molar-refractivity contribution < 1.29 is 44.5 Å². The quantitative estimate of drug-likeness (QED) is 0.230. The highest BCUT2D eigenvalue weighted by atomic mass is 17.4. The minimum Gasteiger partial charge on any atom is -0.429 e. The van der Waals surface area contributed by atoms with Crippen molar-refractivity contribution in [3.8, 4) is 0 Å². The third kappa shape index (κ3) is 2.55. The van der Waals surface area contributed by atoms with E-state index in [9.17, 15) is 20.1 Å². The Morgan fingerprint density at radius 3 is 2.29 bits per heavy atom. The summed E-state index contributed by atoms with van der Waals surface area (Å²) >= 11 is 0. The van der Waals surface area contributed by atoms with Crippen LogP contribution in [0.15, 0.2) is 0 Å². The van der Waals surface area contributed by atoms with Crippen molar-refractivity contribution in [2.75, 3.05) is 6.61 Å². The monoisotopic (exact) mass is 252 g/mol. The number of aliphatic hydroxyl groups excluding tert-OH is 4. The minimum absolute atomic E-state index is 0.602. The molecule has 2 aliphatic rings. The second kappa shape index (κ2) is 4.82. The summed E-state index contributed by atoms with van der Waals surface area (Å²) in [7, 11) is 0. The molecule has 17 heavy (non-hydrogen) atoms. The van der Waals surface area contributed by atoms with Gasteiger partial charge in [0, 0.05) is 0 Å². The molecule has 2 rings (SSSR count). The molecule has 0 aromatic heterocycles. The zero-order valence-electron chi connectivity index (χ0n) is 8.50. The van der Waals surface area contributed by atoms with Gasteiger partial charge >= 0.3 is 12.3 Å². The number of carbonyl (C=O) groups excluding carboxylic acids is 1. The van der Waals surface area contributed by atoms with Crippen molar-refractivity contribution in [1.82, 2.24) is 0 Å². The Hall–Kier alpha value is -0.810. The van der Waals surface area contributed by atoms with E-state index < -0.39 is 49.6 Å². The Morgan fingerprint density at radius 2 is 1.76 bits per heavy atom. The molecule has 0 radical (unpaired) electrons. The van der Waals surface area contributed by atoms with E-state index in [2.05, 4.69) is 14.5 Å². The fourth-order valence-corrected chi connectivity index (χ4v) is 1.44. The molecule has 0 amide bonds. The molecule has 0 aliphatic carbocycles. The molecule has 0 aromatic carbocycles. The fourth-order valence-electron chi connectivity index (χ4n) is 1.44. The van der Waals surface area contributed by atoms with Gasteiger partial charge in [0.25, 0.3) is 0 Å². The summed E-state index contributed by atoms with van der Waals surface area (Å²) in [6.45, 7) is -0.602. The topological polar surface area (TPSA) is 142 Å². The van der Waals surface area contributed by atoms with Crippen LogP contribution in [0, 0.1) is 0 Å². The lowest BCUT2D eigenvalue weighted by atomic mass is 9.99. The number of carbonyl (C=O) groups is 1. The number of hydrogen-bond acceptors (Lipinski definition) is 9. The Kier molecular flexibility index (Phi) is 3.58. The van der Waals surface area contributed by atoms with Gasteiger partial charge in [-0.15, -0.1) is 0 Å². The smallest absolute Gasteiger partial charge is 0.371 e. The largest absolute Gasteiger partial charge is 0.429 e. The van der Waals surface area contributed by atoms with Crippen LogP contribution in [0.2, 0.25) is 0 Å². The highest BCUT2D eigenvalue weighted by Gasteiger charge is 2.47. The second-order valence-electron chi connectivity index (χ2n) is 3.66. The van der Waals surface area contributed by atoms with Crippen LogP contribution in [0.4, 0.5) is 0 Å². The van der Waals surface area contributed by atoms with Gasteiger partial charge in [0.05, 0.1) is 6.61 Å². The first-order valence-corrected chi connectivity index (χ1v) is 4.87. The Bertz CT molecular complexity index is 289. The second-order valence-corrected chi connectivity index (χ2v) is 3.66. The van der Waals surface area contributed by atoms with E-state index in [1.165, 1.54) is 0 Å². The van der Waals surface area contributed by atoms with E-state index in [1.807, 2.05) is 0 Å². The van der Waals surface area contributed by atoms with Crippen molar-refractivity contribution in [2.45, 2.75) is 37.0 Å². The van der Waals surface area contributed by atoms with Crippen LogP contribution in [0.1, 0.15) is 0 Å². The highest BCUT2D eigenvalue weighted by molar-refractivity contribution is 5.74. The van der Waals surface area contributed by atoms with Gasteiger partial charge in [-0.25, -0.2) is 4.79 Å². The van der Waals surface area contributed by atoms with Gasteiger partial charge in [-0.1, -0.05) is 0 Å². The minimum atomic E-state index is -1.63. The van der Waals surface area contributed by atoms with Crippen LogP contribution in [-0.2, 0) is 24.0 Å². The highest BCUT2D eigenvalue weighted by Crippen LogP contribution is 2.24. The van der Waals surface area contributed by atoms with Crippen LogP contribution in [0.5, 0.6) is 0 Å². The van der Waals surface area contributed by atoms with Gasteiger partial charge < -0.3 is 29.9 Å². The normalized spacial score (nSPS) is 42.2. The first-order chi connectivity index (χ1) is 8.04. The van der Waals surface area contributed by atoms with Crippen molar-refractivity contribution in [3.63, 3.8) is 0 Å². The summed E-state index contributed by atoms with van der Waals surface area (Å²) in [6.07, 6.45) is -8.53. The van der Waals surface area contributed by atoms with E-state index in [4.69, 9.17) is 9.84 Å². The molecule has 0 aromatic rings. The first-order valence-electron chi connectivity index (χ1n) is 4.87. The average molecular weight is 252 g/mol. The molecule has 4 N–H and O–H groups in total. The molecule has 2 heterocycles. The van der Waals surface area contributed by atoms with Crippen molar-refractivity contribution in [2.24, 2.45) is 0 Å². The maximum absolute atomic E-state index is 11.1. The zero-order valence-corrected chi connectivity index (χ0v) is 8.50. The predicted octanol–water partition coefficient (Wildman–Crippen LogP) is -3.38. The molecular weight excluding hydrogens is 240 g/mol. The molecule has 5 atom stereocenters. The van der Waals surface area contributed by atoms with Crippen LogP contribution in [0.3, 0.4) is 0 Å². The number of hydrogen-bond donors (Lipinski definition) is 4. The number of rotatable bonds is 3. The van der Waals surface area contributed by atoms with Gasteiger partial charge in [0.15, 0.2) is 0 Å². The van der Waals surface area contributed by atoms with Crippen LogP contribution in [-0.4, -0.2) is 70.0 Å². The van der Waals surface area contributed by atoms with Gasteiger partial charge in [0.1, 0.15) is 24.4 Å². The number of esters is 1. The molecule has 0 spiro atoms. The molecule has 2 saturated heterocycles. The summed E-state index contributed by atoms with van der Waals surface area (Å²) in [5.74, 6) is -0.936. The van der Waals surface area contributed by atoms with Crippen LogP contribution in [0.25, 0.3) is 0 Å². The van der Waals surface area contributed by atoms with Crippen molar-refractivity contribution >= 4 is 5.97 Å². The van der Waals surface area contributed by atoms with Crippen molar-refractivity contribution in [1.29, 1.82) is 0 Å². The Morgan fingerprint density at radius 1 is 1.12 bits per heavy atom. The third-order valence-corrected chi connectivity index (χ3v) is 2.47. The summed E-state index contributed by atoms with van der Waals surface area (Å²) < 4.78 is 9.55. The van der Waals surface area contributed by atoms with Gasteiger partial charge in [-0.05, 0) is 0 Å². The zero-order chi connectivity index (χ0) is 12.6. The molecule has 98 valence electrons. The predicted molar refractivity (Wildman–Crippen MR) is 45.8 cm³/mol. The van der Waals surface area contributed by atoms with E-state index in [0.717, 1.165) is 0 Å². The van der Waals surface area contributed by atoms with Crippen LogP contribution >= 0.6 is 0 Å². The van der Waals surface area contributed by atoms with Crippen LogP contribution < -0.4 is 0 Å².